The summed E-state index contributed by atoms with van der Waals surface area (Å²) < 4.78 is 18.8. The lowest BCUT2D eigenvalue weighted by Gasteiger charge is -2.29. The van der Waals surface area contributed by atoms with Crippen molar-refractivity contribution in [3.8, 4) is 11.8 Å². The van der Waals surface area contributed by atoms with Gasteiger partial charge in [-0.15, -0.1) is 0 Å². The first-order chi connectivity index (χ1) is 11.0. The molecule has 0 bridgehead atoms. The lowest BCUT2D eigenvalue weighted by Crippen LogP contribution is -2.54. The molecule has 0 spiro atoms. The maximum Gasteiger partial charge on any atom is 0.330 e. The van der Waals surface area contributed by atoms with Gasteiger partial charge in [-0.3, -0.25) is 14.3 Å². The van der Waals surface area contributed by atoms with Crippen molar-refractivity contribution in [2.45, 2.75) is 36.4 Å². The Morgan fingerprint density at radius 3 is 2.67 bits per heavy atom. The zero-order valence-electron chi connectivity index (χ0n) is 13.4. The van der Waals surface area contributed by atoms with Gasteiger partial charge in [0.15, 0.2) is 11.8 Å². The highest BCUT2D eigenvalue weighted by Gasteiger charge is 2.59. The third-order valence-corrected chi connectivity index (χ3v) is 3.84. The van der Waals surface area contributed by atoms with E-state index in [1.807, 2.05) is 10.9 Å². The van der Waals surface area contributed by atoms with E-state index in [-0.39, 0.29) is 5.69 Å². The number of ether oxygens (including phenoxy) is 1. The molecule has 1 aromatic heterocycles. The van der Waals surface area contributed by atoms with Gasteiger partial charge in [0.1, 0.15) is 34.6 Å². The number of aryl methyl sites for hydroxylation is 1. The number of aliphatic hydroxyl groups is 3. The van der Waals surface area contributed by atoms with Gasteiger partial charge >= 0.3 is 5.69 Å². The SMILES string of the molecule is BC(B)(O)C1O[C@@H](n2c(C)cc(=O)[nH]c2=O)C(O)(C#CCF)[C@H]1O. The summed E-state index contributed by atoms with van der Waals surface area (Å²) >= 11 is 0. The third kappa shape index (κ3) is 3.06. The number of aromatic amines is 1. The average molecular weight is 338 g/mol. The van der Waals surface area contributed by atoms with Gasteiger partial charge in [0.2, 0.25) is 0 Å². The van der Waals surface area contributed by atoms with Gasteiger partial charge in [-0.2, -0.15) is 0 Å². The molecular formula is C13H17B2FN2O6. The summed E-state index contributed by atoms with van der Waals surface area (Å²) in [5.74, 6) is 4.18. The van der Waals surface area contributed by atoms with Crippen LogP contribution < -0.4 is 11.2 Å². The molecule has 1 fully saturated rings. The zero-order chi connectivity index (χ0) is 18.3. The van der Waals surface area contributed by atoms with Crippen molar-refractivity contribution in [1.29, 1.82) is 0 Å². The Morgan fingerprint density at radius 1 is 1.54 bits per heavy atom. The molecular weight excluding hydrogens is 321 g/mol. The lowest BCUT2D eigenvalue weighted by atomic mass is 9.60. The second-order valence-electron chi connectivity index (χ2n) is 6.22. The van der Waals surface area contributed by atoms with Gasteiger partial charge in [0, 0.05) is 17.2 Å². The number of rotatable bonds is 2. The molecule has 2 rings (SSSR count). The number of hydrogen-bond acceptors (Lipinski definition) is 6. The number of H-pyrrole nitrogens is 1. The molecule has 0 aliphatic carbocycles. The van der Waals surface area contributed by atoms with Crippen LogP contribution in [-0.4, -0.2) is 70.4 Å². The van der Waals surface area contributed by atoms with Gasteiger partial charge in [0.25, 0.3) is 5.56 Å². The Morgan fingerprint density at radius 2 is 2.17 bits per heavy atom. The molecule has 0 saturated carbocycles. The van der Waals surface area contributed by atoms with Gasteiger partial charge in [-0.25, -0.2) is 9.18 Å². The van der Waals surface area contributed by atoms with Crippen molar-refractivity contribution in [1.82, 2.24) is 9.55 Å². The highest BCUT2D eigenvalue weighted by atomic mass is 19.1. The van der Waals surface area contributed by atoms with Crippen LogP contribution in [0.15, 0.2) is 15.7 Å². The molecule has 1 aliphatic heterocycles. The summed E-state index contributed by atoms with van der Waals surface area (Å²) in [6.07, 6.45) is -4.58. The van der Waals surface area contributed by atoms with Crippen molar-refractivity contribution < 1.29 is 24.4 Å². The van der Waals surface area contributed by atoms with E-state index in [1.165, 1.54) is 22.6 Å². The molecule has 0 aromatic carbocycles. The smallest absolute Gasteiger partial charge is 0.330 e. The summed E-state index contributed by atoms with van der Waals surface area (Å²) in [5, 5.41) is 29.7. The van der Waals surface area contributed by atoms with E-state index in [0.29, 0.717) is 0 Å². The Kier molecular flexibility index (Phi) is 4.79. The Hall–Kier alpha value is -1.86. The molecule has 0 radical (unpaired) electrons. The fourth-order valence-corrected chi connectivity index (χ4v) is 2.73. The quantitative estimate of drug-likeness (QED) is 0.320. The van der Waals surface area contributed by atoms with Gasteiger partial charge < -0.3 is 20.1 Å². The van der Waals surface area contributed by atoms with Crippen molar-refractivity contribution in [2.24, 2.45) is 0 Å². The Bertz CT molecular complexity index is 808. The lowest BCUT2D eigenvalue weighted by molar-refractivity contribution is -0.0871. The molecule has 8 nitrogen and oxygen atoms in total. The predicted octanol–water partition coefficient (Wildman–Crippen LogP) is -4.28. The molecule has 0 amide bonds. The van der Waals surface area contributed by atoms with Crippen LogP contribution in [0.25, 0.3) is 0 Å². The molecule has 2 heterocycles. The molecule has 128 valence electrons. The molecule has 11 heteroatoms. The summed E-state index contributed by atoms with van der Waals surface area (Å²) in [6.45, 7) is 0.335. The molecule has 24 heavy (non-hydrogen) atoms. The first-order valence-corrected chi connectivity index (χ1v) is 7.19. The van der Waals surface area contributed by atoms with E-state index in [0.717, 1.165) is 10.6 Å². The van der Waals surface area contributed by atoms with E-state index in [9.17, 15) is 29.3 Å². The van der Waals surface area contributed by atoms with E-state index in [4.69, 9.17) is 4.74 Å². The number of nitrogens with one attached hydrogen (secondary N) is 1. The fourth-order valence-electron chi connectivity index (χ4n) is 2.73. The van der Waals surface area contributed by atoms with Crippen molar-refractivity contribution >= 4 is 15.7 Å². The van der Waals surface area contributed by atoms with Crippen LogP contribution in [0, 0.1) is 18.8 Å². The summed E-state index contributed by atoms with van der Waals surface area (Å²) in [4.78, 5) is 25.5. The van der Waals surface area contributed by atoms with Crippen LogP contribution in [-0.2, 0) is 4.74 Å². The van der Waals surface area contributed by atoms with E-state index < -0.39 is 47.4 Å². The molecule has 2 unspecified atom stereocenters. The number of aromatic nitrogens is 2. The van der Waals surface area contributed by atoms with E-state index >= 15 is 0 Å². The summed E-state index contributed by atoms with van der Waals surface area (Å²) in [6, 6.07) is 1.09. The first kappa shape index (κ1) is 18.5. The highest BCUT2D eigenvalue weighted by Crippen LogP contribution is 2.40. The number of halogens is 1. The molecule has 1 saturated heterocycles. The van der Waals surface area contributed by atoms with Crippen LogP contribution in [0.5, 0.6) is 0 Å². The first-order valence-electron chi connectivity index (χ1n) is 7.19. The number of hydrogen-bond donors (Lipinski definition) is 4. The normalized spacial score (nSPS) is 30.0. The molecule has 4 N–H and O–H groups in total. The molecule has 1 aromatic rings. The van der Waals surface area contributed by atoms with Crippen LogP contribution >= 0.6 is 0 Å². The monoisotopic (exact) mass is 338 g/mol. The van der Waals surface area contributed by atoms with Gasteiger partial charge in [-0.1, -0.05) is 11.8 Å². The second-order valence-corrected chi connectivity index (χ2v) is 6.22. The number of alkyl halides is 1. The maximum absolute atomic E-state index is 12.4. The minimum Gasteiger partial charge on any atom is -0.405 e. The van der Waals surface area contributed by atoms with Crippen molar-refractivity contribution in [2.75, 3.05) is 6.67 Å². The van der Waals surface area contributed by atoms with Crippen molar-refractivity contribution in [3.05, 3.63) is 32.6 Å². The minimum absolute atomic E-state index is 0.137. The zero-order valence-corrected chi connectivity index (χ0v) is 13.4. The fraction of sp³-hybridized carbons (Fsp3) is 0.538. The summed E-state index contributed by atoms with van der Waals surface area (Å²) in [7, 11) is 2.68. The Labute approximate surface area is 138 Å². The standard InChI is InChI=1S/C13H17B2FN2O6/c1-6-5-7(19)17-11(21)18(6)10-12(22,3-2-4-16)8(20)9(24-10)13(14,15)23/h5,8-10,20,22-23H,4,14-15H2,1H3,(H,17,19,21)/t8-,9?,10+,12?/m0/s1. The minimum atomic E-state index is -2.36. The van der Waals surface area contributed by atoms with Crippen molar-refractivity contribution in [3.63, 3.8) is 0 Å². The van der Waals surface area contributed by atoms with Crippen LogP contribution in [0.1, 0.15) is 11.9 Å². The summed E-state index contributed by atoms with van der Waals surface area (Å²) in [5.41, 5.74) is -3.76. The average Bonchev–Trinajstić information content (AvgIpc) is 2.69. The number of nitrogens with zero attached hydrogens (tertiary/aromatic N) is 1. The molecule has 4 atom stereocenters. The second kappa shape index (κ2) is 6.22. The predicted molar refractivity (Wildman–Crippen MR) is 86.7 cm³/mol. The Balaban J connectivity index is 2.66. The maximum atomic E-state index is 12.4. The van der Waals surface area contributed by atoms with Crippen LogP contribution in [0.2, 0.25) is 0 Å². The number of aliphatic hydroxyl groups excluding tert-OH is 1. The van der Waals surface area contributed by atoms with E-state index in [2.05, 4.69) is 5.92 Å². The van der Waals surface area contributed by atoms with Gasteiger partial charge in [-0.05, 0) is 6.92 Å². The van der Waals surface area contributed by atoms with Crippen LogP contribution in [0.3, 0.4) is 0 Å². The van der Waals surface area contributed by atoms with Gasteiger partial charge in [0.05, 0.1) is 0 Å². The largest absolute Gasteiger partial charge is 0.405 e. The van der Waals surface area contributed by atoms with E-state index in [1.54, 1.807) is 0 Å². The highest BCUT2D eigenvalue weighted by molar-refractivity contribution is 6.39. The third-order valence-electron chi connectivity index (χ3n) is 3.84. The molecule has 1 aliphatic rings. The van der Waals surface area contributed by atoms with Crippen LogP contribution in [0.4, 0.5) is 4.39 Å². The topological polar surface area (TPSA) is 125 Å².